The monoisotopic (exact) mass is 752 g/mol. The fourth-order valence-corrected chi connectivity index (χ4v) is 6.81. The molecule has 3 fully saturated rings. The van der Waals surface area contributed by atoms with Gasteiger partial charge in [-0.1, -0.05) is 12.1 Å². The average Bonchev–Trinajstić information content (AvgIpc) is 3.13. The number of allylic oxidation sites excluding steroid dienone is 2. The summed E-state index contributed by atoms with van der Waals surface area (Å²) in [6.45, 7) is 2.30. The van der Waals surface area contributed by atoms with E-state index in [0.29, 0.717) is 16.9 Å². The molecule has 0 aromatic heterocycles. The van der Waals surface area contributed by atoms with Gasteiger partial charge in [-0.25, -0.2) is 0 Å². The van der Waals surface area contributed by atoms with E-state index in [4.69, 9.17) is 33.2 Å². The number of aliphatic hydroxyl groups excluding tert-OH is 8. The highest BCUT2D eigenvalue weighted by Gasteiger charge is 2.51. The highest BCUT2D eigenvalue weighted by atomic mass is 16.7. The minimum absolute atomic E-state index is 0.0131. The number of aromatic hydroxyl groups is 2. The van der Waals surface area contributed by atoms with Crippen LogP contribution in [0.5, 0.6) is 17.2 Å². The molecule has 53 heavy (non-hydrogen) atoms. The number of aliphatic hydroxyl groups is 8. The van der Waals surface area contributed by atoms with E-state index in [1.165, 1.54) is 27.0 Å². The first kappa shape index (κ1) is 39.2. The number of carbonyl (C=O) groups is 1. The number of phenols is 2. The molecule has 2 aromatic rings. The smallest absolute Gasteiger partial charge is 0.232 e. The van der Waals surface area contributed by atoms with Gasteiger partial charge in [-0.05, 0) is 43.2 Å². The number of Topliss-reactive ketones (excluding diaryl/α,β-unsaturated/α-hetero) is 1. The number of ether oxygens (including phenoxy) is 7. The third kappa shape index (κ3) is 7.61. The van der Waals surface area contributed by atoms with Crippen molar-refractivity contribution in [2.24, 2.45) is 0 Å². The van der Waals surface area contributed by atoms with E-state index in [0.717, 1.165) is 6.07 Å². The molecule has 18 heteroatoms. The van der Waals surface area contributed by atoms with E-state index in [-0.39, 0.29) is 29.1 Å². The van der Waals surface area contributed by atoms with Crippen molar-refractivity contribution in [3.8, 4) is 17.2 Å². The van der Waals surface area contributed by atoms with Gasteiger partial charge in [0.1, 0.15) is 78.3 Å². The van der Waals surface area contributed by atoms with E-state index < -0.39 is 110 Å². The van der Waals surface area contributed by atoms with Crippen molar-refractivity contribution in [1.82, 2.24) is 0 Å². The van der Waals surface area contributed by atoms with Crippen molar-refractivity contribution in [3.05, 3.63) is 58.8 Å². The Morgan fingerprint density at radius 3 is 2.02 bits per heavy atom. The fourth-order valence-electron chi connectivity index (χ4n) is 6.81. The Balaban J connectivity index is 1.17. The minimum Gasteiger partial charge on any atom is -0.508 e. The predicted molar refractivity (Wildman–Crippen MR) is 175 cm³/mol. The van der Waals surface area contributed by atoms with Gasteiger partial charge in [0.25, 0.3) is 0 Å². The zero-order chi connectivity index (χ0) is 38.5. The van der Waals surface area contributed by atoms with E-state index >= 15 is 0 Å². The third-order valence-corrected chi connectivity index (χ3v) is 9.90. The predicted octanol–water partition coefficient (Wildman–Crippen LogP) is -2.22. The summed E-state index contributed by atoms with van der Waals surface area (Å²) in [5, 5.41) is 105. The van der Waals surface area contributed by atoms with Gasteiger partial charge in [0.15, 0.2) is 18.3 Å². The van der Waals surface area contributed by atoms with Crippen LogP contribution in [-0.2, 0) is 34.8 Å². The molecule has 15 atom stereocenters. The molecule has 0 amide bonds. The van der Waals surface area contributed by atoms with Gasteiger partial charge in [-0.15, -0.1) is 0 Å². The molecule has 2 aromatic carbocycles. The fraction of sp³-hybridized carbons (Fsp3) is 0.571. The number of benzene rings is 2. The van der Waals surface area contributed by atoms with E-state index in [2.05, 4.69) is 0 Å². The number of phenolic OH excluding ortho intramolecular Hbond substituents is 2. The molecular formula is C35H44O18. The zero-order valence-electron chi connectivity index (χ0n) is 28.8. The molecule has 15 unspecified atom stereocenters. The van der Waals surface area contributed by atoms with Crippen molar-refractivity contribution in [2.75, 3.05) is 13.7 Å². The van der Waals surface area contributed by atoms with Crippen LogP contribution in [0.15, 0.2) is 42.2 Å². The molecule has 0 radical (unpaired) electrons. The maximum absolute atomic E-state index is 13.9. The highest BCUT2D eigenvalue weighted by Crippen LogP contribution is 2.41. The maximum Gasteiger partial charge on any atom is 0.232 e. The van der Waals surface area contributed by atoms with Crippen LogP contribution in [0.1, 0.15) is 35.3 Å². The van der Waals surface area contributed by atoms with Crippen LogP contribution in [0.25, 0.3) is 5.57 Å². The van der Waals surface area contributed by atoms with Gasteiger partial charge < -0.3 is 84.2 Å². The van der Waals surface area contributed by atoms with Crippen molar-refractivity contribution in [3.63, 3.8) is 0 Å². The molecule has 3 saturated heterocycles. The summed E-state index contributed by atoms with van der Waals surface area (Å²) in [4.78, 5) is 13.9. The van der Waals surface area contributed by atoms with Crippen molar-refractivity contribution < 1.29 is 89.0 Å². The zero-order valence-corrected chi connectivity index (χ0v) is 28.8. The van der Waals surface area contributed by atoms with Crippen LogP contribution in [0.4, 0.5) is 0 Å². The molecule has 0 saturated carbocycles. The topological polar surface area (TPSA) is 284 Å². The second-order valence-corrected chi connectivity index (χ2v) is 13.5. The molecule has 3 aliphatic heterocycles. The van der Waals surface area contributed by atoms with Crippen molar-refractivity contribution in [1.29, 1.82) is 0 Å². The summed E-state index contributed by atoms with van der Waals surface area (Å²) in [7, 11) is 1.48. The number of ketones is 1. The Bertz CT molecular complexity index is 1650. The number of carbonyl (C=O) groups excluding carboxylic acids is 1. The number of methoxy groups -OCH3 is 1. The SMILES string of the molecule is COc1ccc(C2=C(OC3OC(COC4OC(C)C(OC5OC(C)C(O)C(O)C5O)C(O)C4O)C(O)C(O)C3O)C(=O)c3c(O)cc(O)cc3C2)cc1. The molecule has 292 valence electrons. The lowest BCUT2D eigenvalue weighted by Crippen LogP contribution is -2.63. The summed E-state index contributed by atoms with van der Waals surface area (Å²) in [6.07, 6.45) is -23.3. The van der Waals surface area contributed by atoms with Crippen LogP contribution >= 0.6 is 0 Å². The van der Waals surface area contributed by atoms with Crippen molar-refractivity contribution in [2.45, 2.75) is 112 Å². The Morgan fingerprint density at radius 2 is 1.34 bits per heavy atom. The molecule has 6 rings (SSSR count). The van der Waals surface area contributed by atoms with Gasteiger partial charge >= 0.3 is 0 Å². The number of hydrogen-bond donors (Lipinski definition) is 10. The van der Waals surface area contributed by atoms with Crippen LogP contribution in [0.2, 0.25) is 0 Å². The minimum atomic E-state index is -1.90. The number of rotatable bonds is 9. The summed E-state index contributed by atoms with van der Waals surface area (Å²) >= 11 is 0. The highest BCUT2D eigenvalue weighted by molar-refractivity contribution is 6.16. The average molecular weight is 753 g/mol. The van der Waals surface area contributed by atoms with Crippen LogP contribution in [0, 0.1) is 0 Å². The van der Waals surface area contributed by atoms with E-state index in [9.17, 15) is 55.9 Å². The third-order valence-electron chi connectivity index (χ3n) is 9.90. The molecule has 0 spiro atoms. The molecule has 3 heterocycles. The quantitative estimate of drug-likeness (QED) is 0.130. The normalized spacial score (nSPS) is 39.1. The lowest BCUT2D eigenvalue weighted by atomic mass is 9.85. The Labute approximate surface area is 302 Å². The van der Waals surface area contributed by atoms with Crippen LogP contribution < -0.4 is 4.74 Å². The number of hydrogen-bond acceptors (Lipinski definition) is 18. The lowest BCUT2D eigenvalue weighted by molar-refractivity contribution is -0.357. The lowest BCUT2D eigenvalue weighted by Gasteiger charge is -2.46. The summed E-state index contributed by atoms with van der Waals surface area (Å²) in [5.41, 5.74) is 0.900. The maximum atomic E-state index is 13.9. The van der Waals surface area contributed by atoms with Gasteiger partial charge in [-0.2, -0.15) is 0 Å². The first-order chi connectivity index (χ1) is 25.1. The van der Waals surface area contributed by atoms with Crippen molar-refractivity contribution >= 4 is 11.4 Å². The first-order valence-corrected chi connectivity index (χ1v) is 16.9. The molecule has 0 bridgehead atoms. The van der Waals surface area contributed by atoms with Crippen LogP contribution in [0.3, 0.4) is 0 Å². The summed E-state index contributed by atoms with van der Waals surface area (Å²) in [6, 6.07) is 8.87. The molecule has 10 N–H and O–H groups in total. The molecular weight excluding hydrogens is 708 g/mol. The second kappa shape index (κ2) is 15.7. The second-order valence-electron chi connectivity index (χ2n) is 13.5. The van der Waals surface area contributed by atoms with E-state index in [1.807, 2.05) is 0 Å². The van der Waals surface area contributed by atoms with Gasteiger partial charge in [0, 0.05) is 18.1 Å². The molecule has 18 nitrogen and oxygen atoms in total. The van der Waals surface area contributed by atoms with E-state index in [1.54, 1.807) is 24.3 Å². The number of fused-ring (bicyclic) bond motifs is 1. The first-order valence-electron chi connectivity index (χ1n) is 16.9. The van der Waals surface area contributed by atoms with Gasteiger partial charge in [0.05, 0.1) is 31.5 Å². The Hall–Kier alpha value is -3.47. The standard InChI is InChI=1S/C35H44O18/c1-12-22(38)25(41)28(44)34(49-12)52-31-13(2)50-33(30(46)27(31)43)48-11-20-23(39)26(42)29(45)35(51-20)53-32-18(14-4-6-17(47-3)7-5-14)9-15-8-16(36)10-19(37)21(15)24(32)40/h4-8,10,12-13,20,22-23,25-31,33-39,41-46H,9,11H2,1-3H3. The van der Waals surface area contributed by atoms with Gasteiger partial charge in [0.2, 0.25) is 12.1 Å². The summed E-state index contributed by atoms with van der Waals surface area (Å²) < 4.78 is 39.4. The molecule has 4 aliphatic rings. The van der Waals surface area contributed by atoms with Gasteiger partial charge in [-0.3, -0.25) is 4.79 Å². The van der Waals surface area contributed by atoms with Crippen LogP contribution in [-0.4, -0.2) is 163 Å². The largest absolute Gasteiger partial charge is 0.508 e. The molecule has 1 aliphatic carbocycles. The Morgan fingerprint density at radius 1 is 0.717 bits per heavy atom. The Kier molecular flexibility index (Phi) is 11.6. The summed E-state index contributed by atoms with van der Waals surface area (Å²) in [5.74, 6) is -1.44.